The number of carbonyl (C=O) groups excluding carboxylic acids is 2. The van der Waals surface area contributed by atoms with Crippen molar-refractivity contribution in [3.8, 4) is 0 Å². The topological polar surface area (TPSA) is 40.6 Å². The van der Waals surface area contributed by atoms with E-state index in [1.165, 1.54) is 17.0 Å². The van der Waals surface area contributed by atoms with Gasteiger partial charge < -0.3 is 4.90 Å². The molecule has 0 N–H and O–H groups in total. The van der Waals surface area contributed by atoms with E-state index in [0.29, 0.717) is 5.56 Å². The van der Waals surface area contributed by atoms with E-state index in [1.807, 2.05) is 13.8 Å². The SMILES string of the molecule is CCN1c2cc(F)c(/C=C3/SC(=O)N(C(C)C)C3=O)cc2C(C)=CC1(C)C. The quantitative estimate of drug-likeness (QED) is 0.660. The minimum absolute atomic E-state index is 0.195. The third-order valence-corrected chi connectivity index (χ3v) is 5.92. The second kappa shape index (κ2) is 6.82. The molecule has 0 saturated carbocycles. The van der Waals surface area contributed by atoms with Crippen molar-refractivity contribution in [2.75, 3.05) is 11.4 Å². The summed E-state index contributed by atoms with van der Waals surface area (Å²) in [5, 5.41) is -0.311. The van der Waals surface area contributed by atoms with Gasteiger partial charge in [0.05, 0.1) is 10.4 Å². The van der Waals surface area contributed by atoms with Gasteiger partial charge in [-0.3, -0.25) is 14.5 Å². The molecule has 0 radical (unpaired) electrons. The van der Waals surface area contributed by atoms with Gasteiger partial charge in [-0.25, -0.2) is 4.39 Å². The molecule has 2 aliphatic heterocycles. The number of nitrogens with zero attached hydrogens (tertiary/aromatic N) is 2. The van der Waals surface area contributed by atoms with E-state index < -0.39 is 5.82 Å². The number of amides is 2. The van der Waals surface area contributed by atoms with Crippen molar-refractivity contribution in [3.05, 3.63) is 40.1 Å². The number of likely N-dealkylation sites (N-methyl/N-ethyl adjacent to an activating group) is 1. The molecule has 0 aromatic heterocycles. The van der Waals surface area contributed by atoms with Crippen LogP contribution < -0.4 is 4.90 Å². The first-order valence-corrected chi connectivity index (χ1v) is 9.96. The number of anilines is 1. The van der Waals surface area contributed by atoms with Crippen molar-refractivity contribution in [2.24, 2.45) is 0 Å². The first kappa shape index (κ1) is 19.7. The fourth-order valence-electron chi connectivity index (χ4n) is 3.87. The highest BCUT2D eigenvalue weighted by Gasteiger charge is 2.37. The van der Waals surface area contributed by atoms with Crippen LogP contribution in [0, 0.1) is 5.82 Å². The lowest BCUT2D eigenvalue weighted by Gasteiger charge is -2.42. The van der Waals surface area contributed by atoms with E-state index in [-0.39, 0.29) is 27.6 Å². The first-order chi connectivity index (χ1) is 12.6. The Morgan fingerprint density at radius 2 is 1.93 bits per heavy atom. The van der Waals surface area contributed by atoms with Gasteiger partial charge in [0.1, 0.15) is 5.82 Å². The van der Waals surface area contributed by atoms with Crippen LogP contribution >= 0.6 is 11.8 Å². The summed E-state index contributed by atoms with van der Waals surface area (Å²) in [6.45, 7) is 12.6. The Balaban J connectivity index is 2.07. The van der Waals surface area contributed by atoms with E-state index in [4.69, 9.17) is 0 Å². The summed E-state index contributed by atoms with van der Waals surface area (Å²) in [6, 6.07) is 3.09. The Kier molecular flexibility index (Phi) is 4.97. The van der Waals surface area contributed by atoms with E-state index >= 15 is 0 Å². The number of carbonyl (C=O) groups is 2. The minimum atomic E-state index is -0.394. The number of imide groups is 1. The van der Waals surface area contributed by atoms with Crippen molar-refractivity contribution in [3.63, 3.8) is 0 Å². The predicted octanol–water partition coefficient (Wildman–Crippen LogP) is 5.29. The van der Waals surface area contributed by atoms with Crippen LogP contribution in [0.3, 0.4) is 0 Å². The van der Waals surface area contributed by atoms with Crippen LogP contribution in [-0.4, -0.2) is 34.2 Å². The largest absolute Gasteiger partial charge is 0.363 e. The molecule has 0 spiro atoms. The number of fused-ring (bicyclic) bond motifs is 1. The van der Waals surface area contributed by atoms with Gasteiger partial charge >= 0.3 is 0 Å². The number of benzene rings is 1. The summed E-state index contributed by atoms with van der Waals surface area (Å²) in [4.78, 5) is 28.2. The predicted molar refractivity (Wildman–Crippen MR) is 110 cm³/mol. The van der Waals surface area contributed by atoms with Crippen molar-refractivity contribution in [2.45, 2.75) is 53.1 Å². The molecule has 0 unspecified atom stereocenters. The molecule has 0 atom stereocenters. The normalized spacial score (nSPS) is 20.6. The van der Waals surface area contributed by atoms with E-state index in [1.54, 1.807) is 19.9 Å². The number of halogens is 1. The monoisotopic (exact) mass is 388 g/mol. The van der Waals surface area contributed by atoms with Crippen LogP contribution in [0.4, 0.5) is 14.9 Å². The summed E-state index contributed by atoms with van der Waals surface area (Å²) < 4.78 is 14.9. The molecule has 1 aromatic rings. The fourth-order valence-corrected chi connectivity index (χ4v) is 4.82. The van der Waals surface area contributed by atoms with Crippen molar-refractivity contribution >= 4 is 40.2 Å². The average Bonchev–Trinajstić information content (AvgIpc) is 2.82. The smallest absolute Gasteiger partial charge is 0.293 e. The molecule has 0 aliphatic carbocycles. The van der Waals surface area contributed by atoms with Crippen LogP contribution in [0.2, 0.25) is 0 Å². The third kappa shape index (κ3) is 3.31. The number of hydrogen-bond donors (Lipinski definition) is 0. The zero-order valence-corrected chi connectivity index (χ0v) is 17.4. The standard InChI is InChI=1S/C21H25FN2O2S/c1-7-23-17-10-16(22)14(8-15(17)13(4)11-21(23,5)6)9-18-19(25)24(12(2)3)20(26)27-18/h8-12H,7H2,1-6H3/b18-9+. The molecule has 3 rings (SSSR count). The molecular weight excluding hydrogens is 363 g/mol. The van der Waals surface area contributed by atoms with Crippen molar-refractivity contribution in [1.82, 2.24) is 4.90 Å². The van der Waals surface area contributed by atoms with Gasteiger partial charge in [0, 0.05) is 29.4 Å². The second-order valence-corrected chi connectivity index (χ2v) is 8.75. The number of allylic oxidation sites excluding steroid dienone is 1. The van der Waals surface area contributed by atoms with Gasteiger partial charge in [-0.05, 0) is 77.1 Å². The number of thioether (sulfide) groups is 1. The Morgan fingerprint density at radius 3 is 2.48 bits per heavy atom. The Morgan fingerprint density at radius 1 is 1.26 bits per heavy atom. The molecule has 2 amide bonds. The Hall–Kier alpha value is -2.08. The van der Waals surface area contributed by atoms with Gasteiger partial charge in [0.25, 0.3) is 11.1 Å². The second-order valence-electron chi connectivity index (χ2n) is 7.76. The molecule has 1 fully saturated rings. The van der Waals surface area contributed by atoms with Crippen molar-refractivity contribution < 1.29 is 14.0 Å². The minimum Gasteiger partial charge on any atom is -0.363 e. The summed E-state index contributed by atoms with van der Waals surface area (Å²) in [6.07, 6.45) is 3.67. The van der Waals surface area contributed by atoms with Crippen LogP contribution in [0.15, 0.2) is 23.1 Å². The van der Waals surface area contributed by atoms with E-state index in [0.717, 1.165) is 35.1 Å². The van der Waals surface area contributed by atoms with Crippen LogP contribution in [0.1, 0.15) is 52.7 Å². The van der Waals surface area contributed by atoms with Crippen LogP contribution in [-0.2, 0) is 4.79 Å². The molecule has 1 aromatic carbocycles. The molecule has 2 aliphatic rings. The maximum atomic E-state index is 14.9. The molecular formula is C21H25FN2O2S. The molecule has 0 bridgehead atoms. The first-order valence-electron chi connectivity index (χ1n) is 9.15. The van der Waals surface area contributed by atoms with Gasteiger partial charge in [-0.15, -0.1) is 0 Å². The van der Waals surface area contributed by atoms with Gasteiger partial charge in [-0.2, -0.15) is 0 Å². The Labute approximate surface area is 164 Å². The summed E-state index contributed by atoms with van der Waals surface area (Å²) in [5.41, 5.74) is 3.01. The average molecular weight is 389 g/mol. The van der Waals surface area contributed by atoms with Crippen molar-refractivity contribution in [1.29, 1.82) is 0 Å². The molecule has 6 heteroatoms. The maximum Gasteiger partial charge on any atom is 0.293 e. The van der Waals surface area contributed by atoms with Crippen LogP contribution in [0.25, 0.3) is 11.6 Å². The third-order valence-electron chi connectivity index (χ3n) is 5.04. The maximum absolute atomic E-state index is 14.9. The molecule has 27 heavy (non-hydrogen) atoms. The highest BCUT2D eigenvalue weighted by Crippen LogP contribution is 2.41. The molecule has 1 saturated heterocycles. The van der Waals surface area contributed by atoms with Gasteiger partial charge in [-0.1, -0.05) is 6.08 Å². The molecule has 4 nitrogen and oxygen atoms in total. The number of rotatable bonds is 3. The Bertz CT molecular complexity index is 886. The van der Waals surface area contributed by atoms with E-state index in [2.05, 4.69) is 24.8 Å². The lowest BCUT2D eigenvalue weighted by Crippen LogP contribution is -2.45. The number of hydrogen-bond acceptors (Lipinski definition) is 4. The zero-order chi connectivity index (χ0) is 20.1. The van der Waals surface area contributed by atoms with Crippen LogP contribution in [0.5, 0.6) is 0 Å². The van der Waals surface area contributed by atoms with Gasteiger partial charge in [0.2, 0.25) is 0 Å². The lowest BCUT2D eigenvalue weighted by molar-refractivity contribution is -0.123. The highest BCUT2D eigenvalue weighted by molar-refractivity contribution is 8.18. The van der Waals surface area contributed by atoms with E-state index in [9.17, 15) is 14.0 Å². The zero-order valence-electron chi connectivity index (χ0n) is 16.6. The highest BCUT2D eigenvalue weighted by atomic mass is 32.2. The summed E-state index contributed by atoms with van der Waals surface area (Å²) in [5.74, 6) is -0.755. The van der Waals surface area contributed by atoms with Gasteiger partial charge in [0.15, 0.2) is 0 Å². The molecule has 2 heterocycles. The summed E-state index contributed by atoms with van der Waals surface area (Å²) >= 11 is 0.864. The summed E-state index contributed by atoms with van der Waals surface area (Å²) in [7, 11) is 0. The lowest BCUT2D eigenvalue weighted by atomic mass is 9.88. The molecule has 144 valence electrons. The fraction of sp³-hybridized carbons (Fsp3) is 0.429.